The molecule has 0 aliphatic rings. The third-order valence-corrected chi connectivity index (χ3v) is 0.714. The van der Waals surface area contributed by atoms with Crippen molar-refractivity contribution < 1.29 is 9.59 Å². The van der Waals surface area contributed by atoms with Gasteiger partial charge in [-0.3, -0.25) is 9.59 Å². The van der Waals surface area contributed by atoms with E-state index in [1.807, 2.05) is 0 Å². The summed E-state index contributed by atoms with van der Waals surface area (Å²) >= 11 is -3.29. The van der Waals surface area contributed by atoms with Crippen LogP contribution < -0.4 is 0 Å². The molecule has 0 aromatic rings. The number of rotatable bonds is 2. The predicted molar refractivity (Wildman–Crippen MR) is 55.1 cm³/mol. The first-order chi connectivity index (χ1) is 5.18. The van der Waals surface area contributed by atoms with Crippen molar-refractivity contribution in [1.82, 2.24) is 0 Å². The zero-order chi connectivity index (χ0) is 10.4. The maximum atomic E-state index is 10.2. The molecule has 2 nitrogen and oxygen atoms in total. The van der Waals surface area contributed by atoms with Crippen molar-refractivity contribution in [3.8, 4) is 0 Å². The molecule has 72 valence electrons. The Labute approximate surface area is 90.2 Å². The van der Waals surface area contributed by atoms with Crippen LogP contribution in [0.1, 0.15) is 20.3 Å². The normalized spacial score (nSPS) is 9.83. The Bertz CT molecular complexity index is 159. The van der Waals surface area contributed by atoms with Crippen molar-refractivity contribution >= 4 is 61.1 Å². The number of carbonyl (C=O) groups is 2. The van der Waals surface area contributed by atoms with Crippen LogP contribution in [0.2, 0.25) is 0 Å². The summed E-state index contributed by atoms with van der Waals surface area (Å²) in [5.41, 5.74) is 0. The van der Waals surface area contributed by atoms with E-state index >= 15 is 0 Å². The molecule has 7 heteroatoms. The van der Waals surface area contributed by atoms with E-state index in [9.17, 15) is 9.59 Å². The van der Waals surface area contributed by atoms with Gasteiger partial charge in [-0.2, -0.15) is 0 Å². The quantitative estimate of drug-likeness (QED) is 0.560. The minimum atomic E-state index is -3.29. The fourth-order valence-electron chi connectivity index (χ4n) is 0.249. The number of halogens is 4. The Kier molecular flexibility index (Phi) is 10.1. The fraction of sp³-hybridized carbons (Fsp3) is 0.600. The summed E-state index contributed by atoms with van der Waals surface area (Å²) in [6.45, 7) is 2.95. The van der Waals surface area contributed by atoms with Crippen LogP contribution in [0, 0.1) is 0 Å². The van der Waals surface area contributed by atoms with Gasteiger partial charge in [0.25, 0.3) is 0 Å². The summed E-state index contributed by atoms with van der Waals surface area (Å²) in [7, 11) is 20.1. The first kappa shape index (κ1) is 15.8. The van der Waals surface area contributed by atoms with Gasteiger partial charge in [0.05, 0.1) is 0 Å². The summed E-state index contributed by atoms with van der Waals surface area (Å²) in [6, 6.07) is 0. The van der Waals surface area contributed by atoms with Gasteiger partial charge in [-0.25, -0.2) is 0 Å². The number of carbonyl (C=O) groups excluding carboxylic acids is 2. The Balaban J connectivity index is 0. The molecule has 0 spiro atoms. The van der Waals surface area contributed by atoms with Crippen LogP contribution in [0.3, 0.4) is 0 Å². The maximum absolute atomic E-state index is 10.2. The van der Waals surface area contributed by atoms with Crippen molar-refractivity contribution in [1.29, 1.82) is 0 Å². The first-order valence-corrected chi connectivity index (χ1v) is 17.4. The van der Waals surface area contributed by atoms with Crippen LogP contribution in [0.5, 0.6) is 0 Å². The Morgan fingerprint density at radius 2 is 1.42 bits per heavy atom. The molecule has 0 fully saturated rings. The van der Waals surface area contributed by atoms with Crippen molar-refractivity contribution in [2.45, 2.75) is 20.3 Å². The molecule has 0 amide bonds. The second-order valence-electron chi connectivity index (χ2n) is 1.76. The van der Waals surface area contributed by atoms with Crippen molar-refractivity contribution in [3.63, 3.8) is 0 Å². The summed E-state index contributed by atoms with van der Waals surface area (Å²) in [5.74, 6) is -0.637. The van der Waals surface area contributed by atoms with Gasteiger partial charge in [0.1, 0.15) is 0 Å². The molecule has 0 unspecified atom stereocenters. The fourth-order valence-corrected chi connectivity index (χ4v) is 0.249. The molecule has 0 aromatic carbocycles. The molecule has 0 aliphatic carbocycles. The van der Waals surface area contributed by atoms with Crippen LogP contribution in [0.4, 0.5) is 0 Å². The van der Waals surface area contributed by atoms with Gasteiger partial charge in [0.15, 0.2) is 11.6 Å². The second kappa shape index (κ2) is 7.68. The van der Waals surface area contributed by atoms with Crippen LogP contribution in [-0.2, 0) is 9.59 Å². The van der Waals surface area contributed by atoms with E-state index in [1.165, 1.54) is 6.92 Å². The van der Waals surface area contributed by atoms with E-state index in [2.05, 4.69) is 0 Å². The van der Waals surface area contributed by atoms with Gasteiger partial charge in [-0.1, -0.05) is 6.92 Å². The average Bonchev–Trinajstić information content (AvgIpc) is 1.82. The van der Waals surface area contributed by atoms with Crippen LogP contribution in [-0.4, -0.2) is 25.4 Å². The summed E-state index contributed by atoms with van der Waals surface area (Å²) in [4.78, 5) is 20.2. The van der Waals surface area contributed by atoms with E-state index in [0.29, 0.717) is 6.42 Å². The molecular formula is C5H8Cl4O2Sn. The number of hydrogen-bond acceptors (Lipinski definition) is 2. The van der Waals surface area contributed by atoms with E-state index < -0.39 is 13.9 Å². The summed E-state index contributed by atoms with van der Waals surface area (Å²) in [6.07, 6.45) is 0.329. The van der Waals surface area contributed by atoms with E-state index in [4.69, 9.17) is 35.7 Å². The Morgan fingerprint density at radius 1 is 1.17 bits per heavy atom. The van der Waals surface area contributed by atoms with E-state index in [-0.39, 0.29) is 11.6 Å². The van der Waals surface area contributed by atoms with Gasteiger partial charge in [-0.05, 0) is 0 Å². The van der Waals surface area contributed by atoms with Crippen molar-refractivity contribution in [2.75, 3.05) is 0 Å². The van der Waals surface area contributed by atoms with Gasteiger partial charge in [0.2, 0.25) is 0 Å². The molecule has 0 saturated heterocycles. The first-order valence-electron chi connectivity index (χ1n) is 2.97. The number of Topliss-reactive ketones (excluding diaryl/α,β-unsaturated/α-hetero) is 2. The van der Waals surface area contributed by atoms with Crippen molar-refractivity contribution in [2.24, 2.45) is 0 Å². The zero-order valence-electron chi connectivity index (χ0n) is 6.54. The summed E-state index contributed by atoms with van der Waals surface area (Å²) in [5, 5.41) is 0. The number of hydrogen-bond donors (Lipinski definition) is 0. The van der Waals surface area contributed by atoms with Crippen LogP contribution in [0.15, 0.2) is 0 Å². The minimum absolute atomic E-state index is 0.292. The standard InChI is InChI=1S/C5H8O2.4ClH.Sn/c1-3-5(7)4(2)6;;;;;/h3H2,1-2H3;4*1H;/q;;;;;+4/p-4. The van der Waals surface area contributed by atoms with E-state index in [1.54, 1.807) is 6.92 Å². The van der Waals surface area contributed by atoms with Crippen LogP contribution in [0.25, 0.3) is 0 Å². The Hall–Kier alpha value is 1.30. The molecular weight excluding hydrogens is 353 g/mol. The van der Waals surface area contributed by atoms with Crippen molar-refractivity contribution in [3.05, 3.63) is 0 Å². The van der Waals surface area contributed by atoms with Gasteiger partial charge in [-0.15, -0.1) is 0 Å². The molecule has 0 aliphatic heterocycles. The second-order valence-corrected chi connectivity index (χ2v) is 27.2. The number of ketones is 2. The Morgan fingerprint density at radius 3 is 1.42 bits per heavy atom. The third kappa shape index (κ3) is 22.5. The molecule has 0 bridgehead atoms. The third-order valence-electron chi connectivity index (χ3n) is 0.714. The average molecular weight is 361 g/mol. The molecule has 0 aromatic heterocycles. The SMILES string of the molecule is CCC(=O)C(C)=O.[Cl][Sn]([Cl])([Cl])[Cl]. The molecule has 0 N–H and O–H groups in total. The molecule has 0 atom stereocenters. The monoisotopic (exact) mass is 360 g/mol. The zero-order valence-corrected chi connectivity index (χ0v) is 12.4. The van der Waals surface area contributed by atoms with Gasteiger partial charge < -0.3 is 0 Å². The van der Waals surface area contributed by atoms with Crippen LogP contribution >= 0.6 is 35.7 Å². The molecule has 0 saturated carbocycles. The molecule has 0 heterocycles. The van der Waals surface area contributed by atoms with Gasteiger partial charge in [0, 0.05) is 13.3 Å². The van der Waals surface area contributed by atoms with Gasteiger partial charge >= 0.3 is 49.6 Å². The molecule has 0 rings (SSSR count). The summed E-state index contributed by atoms with van der Waals surface area (Å²) < 4.78 is 0. The molecule has 12 heavy (non-hydrogen) atoms. The topological polar surface area (TPSA) is 34.1 Å². The molecule has 0 radical (unpaired) electrons. The van der Waals surface area contributed by atoms with E-state index in [0.717, 1.165) is 0 Å². The predicted octanol–water partition coefficient (Wildman–Crippen LogP) is 2.93.